The third-order valence-electron chi connectivity index (χ3n) is 6.14. The smallest absolute Gasteiger partial charge is 0.238 e. The van der Waals surface area contributed by atoms with Gasteiger partial charge >= 0.3 is 0 Å². The Bertz CT molecular complexity index is 719. The Balaban J connectivity index is 1.62. The minimum atomic E-state index is -0.148. The van der Waals surface area contributed by atoms with E-state index < -0.39 is 0 Å². The number of carbonyl (C=O) groups excluding carboxylic acids is 2. The molecule has 112 valence electrons. The molecule has 0 aromatic heterocycles. The average Bonchev–Trinajstić information content (AvgIpc) is 3.28. The lowest BCUT2D eigenvalue weighted by atomic mass is 9.63. The highest BCUT2D eigenvalue weighted by Crippen LogP contribution is 2.65. The fourth-order valence-corrected chi connectivity index (χ4v) is 5.20. The van der Waals surface area contributed by atoms with Crippen LogP contribution >= 0.6 is 11.6 Å². The maximum Gasteiger partial charge on any atom is 0.238 e. The molecule has 4 aliphatic carbocycles. The van der Waals surface area contributed by atoms with Crippen molar-refractivity contribution in [3.8, 4) is 0 Å². The minimum absolute atomic E-state index is 0.0231. The summed E-state index contributed by atoms with van der Waals surface area (Å²) in [6.07, 6.45) is 5.57. The van der Waals surface area contributed by atoms with E-state index in [1.165, 1.54) is 11.3 Å². The molecule has 1 aliphatic heterocycles. The monoisotopic (exact) mass is 313 g/mol. The Morgan fingerprint density at radius 3 is 2.23 bits per heavy atom. The molecule has 3 nitrogen and oxygen atoms in total. The molecule has 0 unspecified atom stereocenters. The highest BCUT2D eigenvalue weighted by molar-refractivity contribution is 6.32. The van der Waals surface area contributed by atoms with Crippen molar-refractivity contribution in [2.45, 2.75) is 13.3 Å². The summed E-state index contributed by atoms with van der Waals surface area (Å²) >= 11 is 6.18. The molecule has 4 heteroatoms. The van der Waals surface area contributed by atoms with Crippen LogP contribution in [0.1, 0.15) is 12.0 Å². The summed E-state index contributed by atoms with van der Waals surface area (Å²) in [6, 6.07) is 5.42. The number of imide groups is 1. The summed E-state index contributed by atoms with van der Waals surface area (Å²) in [6.45, 7) is 1.87. The number of anilines is 1. The normalized spacial score (nSPS) is 40.9. The van der Waals surface area contributed by atoms with Gasteiger partial charge in [0.25, 0.3) is 0 Å². The van der Waals surface area contributed by atoms with Crippen LogP contribution in [0.3, 0.4) is 0 Å². The fraction of sp³-hybridized carbons (Fsp3) is 0.444. The van der Waals surface area contributed by atoms with E-state index in [2.05, 4.69) is 12.2 Å². The van der Waals surface area contributed by atoms with Gasteiger partial charge in [0.2, 0.25) is 11.8 Å². The first-order valence-electron chi connectivity index (χ1n) is 7.91. The molecule has 2 amide bonds. The summed E-state index contributed by atoms with van der Waals surface area (Å²) in [5.74, 6) is 1.45. The lowest BCUT2D eigenvalue weighted by molar-refractivity contribution is -0.124. The van der Waals surface area contributed by atoms with E-state index in [-0.39, 0.29) is 35.5 Å². The van der Waals surface area contributed by atoms with Gasteiger partial charge in [0, 0.05) is 5.02 Å². The van der Waals surface area contributed by atoms with Crippen LogP contribution in [0.25, 0.3) is 0 Å². The number of hydrogen-bond acceptors (Lipinski definition) is 2. The van der Waals surface area contributed by atoms with Crippen molar-refractivity contribution in [1.82, 2.24) is 0 Å². The molecule has 1 saturated heterocycles. The van der Waals surface area contributed by atoms with Crippen molar-refractivity contribution in [3.05, 3.63) is 40.9 Å². The lowest BCUT2D eigenvalue weighted by Crippen LogP contribution is -2.40. The second-order valence-electron chi connectivity index (χ2n) is 7.05. The predicted octanol–water partition coefficient (Wildman–Crippen LogP) is 3.21. The maximum atomic E-state index is 13.0. The molecule has 0 N–H and O–H groups in total. The van der Waals surface area contributed by atoms with Crippen molar-refractivity contribution >= 4 is 29.1 Å². The van der Waals surface area contributed by atoms with E-state index in [1.807, 2.05) is 13.0 Å². The molecule has 1 heterocycles. The van der Waals surface area contributed by atoms with Crippen LogP contribution in [0.5, 0.6) is 0 Å². The van der Waals surface area contributed by atoms with Crippen LogP contribution in [-0.2, 0) is 9.59 Å². The summed E-state index contributed by atoms with van der Waals surface area (Å²) in [7, 11) is 0. The molecular weight excluding hydrogens is 298 g/mol. The van der Waals surface area contributed by atoms with Crippen LogP contribution < -0.4 is 4.90 Å². The number of nitrogens with zero attached hydrogens (tertiary/aromatic N) is 1. The lowest BCUT2D eigenvalue weighted by Gasteiger charge is -2.37. The van der Waals surface area contributed by atoms with Crippen LogP contribution in [-0.4, -0.2) is 11.8 Å². The second kappa shape index (κ2) is 4.02. The molecule has 2 saturated carbocycles. The minimum Gasteiger partial charge on any atom is -0.274 e. The Morgan fingerprint density at radius 2 is 1.64 bits per heavy atom. The van der Waals surface area contributed by atoms with Crippen LogP contribution in [0.2, 0.25) is 5.02 Å². The van der Waals surface area contributed by atoms with Crippen molar-refractivity contribution in [2.24, 2.45) is 35.5 Å². The first kappa shape index (κ1) is 12.9. The number of amides is 2. The summed E-state index contributed by atoms with van der Waals surface area (Å²) in [5, 5.41) is 0.594. The zero-order valence-electron chi connectivity index (χ0n) is 12.2. The van der Waals surface area contributed by atoms with Crippen LogP contribution in [0.4, 0.5) is 5.69 Å². The Hall–Kier alpha value is -1.61. The van der Waals surface area contributed by atoms with E-state index in [0.29, 0.717) is 22.5 Å². The third kappa shape index (κ3) is 1.38. The van der Waals surface area contributed by atoms with Crippen molar-refractivity contribution in [2.75, 3.05) is 4.90 Å². The SMILES string of the molecule is Cc1c(Cl)cccc1N1C(=O)[C@@H]2[C@@H]3C=C[C@H]([C@@H]4C[C@H]34)[C@@H]2C1=O. The average molecular weight is 314 g/mol. The first-order valence-corrected chi connectivity index (χ1v) is 8.28. The van der Waals surface area contributed by atoms with E-state index in [9.17, 15) is 9.59 Å². The second-order valence-corrected chi connectivity index (χ2v) is 7.46. The predicted molar refractivity (Wildman–Crippen MR) is 83.4 cm³/mol. The van der Waals surface area contributed by atoms with Gasteiger partial charge in [-0.2, -0.15) is 0 Å². The van der Waals surface area contributed by atoms with E-state index in [1.54, 1.807) is 12.1 Å². The maximum absolute atomic E-state index is 13.0. The van der Waals surface area contributed by atoms with E-state index >= 15 is 0 Å². The molecule has 6 atom stereocenters. The third-order valence-corrected chi connectivity index (χ3v) is 6.55. The fourth-order valence-electron chi connectivity index (χ4n) is 5.03. The zero-order valence-corrected chi connectivity index (χ0v) is 13.0. The Labute approximate surface area is 133 Å². The highest BCUT2D eigenvalue weighted by atomic mass is 35.5. The standard InChI is InChI=1S/C18H16ClNO2/c1-8-13(19)3-2-4-14(8)20-17(21)15-9-5-6-10(12-7-11(9)12)16(15)18(20)22/h2-6,9-12,15-16H,7H2,1H3/t9-,10-,11-,12+,15-,16+/m1/s1. The molecule has 1 aromatic rings. The molecule has 0 spiro atoms. The van der Waals surface area contributed by atoms with Gasteiger partial charge in [-0.05, 0) is 54.7 Å². The van der Waals surface area contributed by atoms with Gasteiger partial charge in [-0.25, -0.2) is 4.90 Å². The Kier molecular flexibility index (Phi) is 2.35. The van der Waals surface area contributed by atoms with Crippen LogP contribution in [0, 0.1) is 42.4 Å². The van der Waals surface area contributed by atoms with Crippen molar-refractivity contribution in [1.29, 1.82) is 0 Å². The first-order chi connectivity index (χ1) is 10.6. The van der Waals surface area contributed by atoms with Gasteiger partial charge in [-0.1, -0.05) is 29.8 Å². The molecule has 1 aromatic carbocycles. The van der Waals surface area contributed by atoms with Gasteiger partial charge in [0.1, 0.15) is 0 Å². The zero-order chi connectivity index (χ0) is 15.2. The van der Waals surface area contributed by atoms with Gasteiger partial charge in [-0.3, -0.25) is 9.59 Å². The number of allylic oxidation sites excluding steroid dienone is 2. The molecule has 22 heavy (non-hydrogen) atoms. The van der Waals surface area contributed by atoms with Crippen LogP contribution in [0.15, 0.2) is 30.4 Å². The van der Waals surface area contributed by atoms with Gasteiger partial charge in [0.05, 0.1) is 17.5 Å². The number of rotatable bonds is 1. The molecule has 0 radical (unpaired) electrons. The van der Waals surface area contributed by atoms with E-state index in [0.717, 1.165) is 5.56 Å². The number of halogens is 1. The molecule has 3 fully saturated rings. The number of carbonyl (C=O) groups is 2. The quantitative estimate of drug-likeness (QED) is 0.590. The summed E-state index contributed by atoms with van der Waals surface area (Å²) < 4.78 is 0. The largest absolute Gasteiger partial charge is 0.274 e. The topological polar surface area (TPSA) is 37.4 Å². The van der Waals surface area contributed by atoms with Gasteiger partial charge < -0.3 is 0 Å². The molecule has 6 rings (SSSR count). The van der Waals surface area contributed by atoms with E-state index in [4.69, 9.17) is 11.6 Å². The van der Waals surface area contributed by atoms with Gasteiger partial charge in [-0.15, -0.1) is 0 Å². The highest BCUT2D eigenvalue weighted by Gasteiger charge is 2.67. The van der Waals surface area contributed by atoms with Crippen molar-refractivity contribution < 1.29 is 9.59 Å². The van der Waals surface area contributed by atoms with Crippen molar-refractivity contribution in [3.63, 3.8) is 0 Å². The molecule has 5 aliphatic rings. The summed E-state index contributed by atoms with van der Waals surface area (Å²) in [4.78, 5) is 27.4. The molecular formula is C18H16ClNO2. The molecule has 2 bridgehead atoms. The number of hydrogen-bond donors (Lipinski definition) is 0. The number of benzene rings is 1. The summed E-state index contributed by atoms with van der Waals surface area (Å²) in [5.41, 5.74) is 1.46. The Morgan fingerprint density at radius 1 is 1.05 bits per heavy atom. The van der Waals surface area contributed by atoms with Gasteiger partial charge in [0.15, 0.2) is 0 Å².